The number of amides is 1. The van der Waals surface area contributed by atoms with Gasteiger partial charge in [-0.2, -0.15) is 10.4 Å². The van der Waals surface area contributed by atoms with E-state index in [4.69, 9.17) is 9.47 Å². The molecule has 1 amide bonds. The van der Waals surface area contributed by atoms with Crippen molar-refractivity contribution in [3.63, 3.8) is 0 Å². The Morgan fingerprint density at radius 3 is 2.92 bits per heavy atom. The Balaban J connectivity index is 1.34. The third-order valence-corrected chi connectivity index (χ3v) is 6.64. The quantitative estimate of drug-likeness (QED) is 0.441. The number of nitrogens with one attached hydrogen (secondary N) is 1. The maximum atomic E-state index is 14.6. The van der Waals surface area contributed by atoms with Gasteiger partial charge in [-0.05, 0) is 18.2 Å². The van der Waals surface area contributed by atoms with Gasteiger partial charge in [0, 0.05) is 50.4 Å². The average Bonchev–Trinajstić information content (AvgIpc) is 3.66. The molecule has 11 nitrogen and oxygen atoms in total. The Hall–Kier alpha value is -4.50. The van der Waals surface area contributed by atoms with Gasteiger partial charge in [0.05, 0.1) is 37.3 Å². The number of halogens is 1. The van der Waals surface area contributed by atoms with E-state index < -0.39 is 0 Å². The van der Waals surface area contributed by atoms with E-state index in [1.807, 2.05) is 0 Å². The summed E-state index contributed by atoms with van der Waals surface area (Å²) in [7, 11) is 1.74. The summed E-state index contributed by atoms with van der Waals surface area (Å²) in [6.07, 6.45) is 3.82. The van der Waals surface area contributed by atoms with E-state index in [9.17, 15) is 14.4 Å². The number of anilines is 1. The standard InChI is InChI=1S/C25H23FN8O3/c1-32-21(10-20(31-32)24(35)33-5-8-36-9-6-33)18-13-29-25(34-14-15(11-27)30-23(18)34)28-12-17-16-4-7-37-22(16)3-2-19(17)26/h2-3,10,13-14H,4-9,12H2,1H3,(H,28,29). The van der Waals surface area contributed by atoms with Gasteiger partial charge in [-0.3, -0.25) is 13.9 Å². The van der Waals surface area contributed by atoms with Crippen LogP contribution in [-0.4, -0.2) is 67.9 Å². The van der Waals surface area contributed by atoms with Gasteiger partial charge in [-0.15, -0.1) is 0 Å². The van der Waals surface area contributed by atoms with Gasteiger partial charge in [-0.1, -0.05) is 0 Å². The summed E-state index contributed by atoms with van der Waals surface area (Å²) in [5, 5.41) is 17.1. The molecule has 1 saturated heterocycles. The first-order chi connectivity index (χ1) is 18.0. The van der Waals surface area contributed by atoms with Crippen LogP contribution in [0.25, 0.3) is 16.9 Å². The predicted molar refractivity (Wildman–Crippen MR) is 130 cm³/mol. The monoisotopic (exact) mass is 502 g/mol. The highest BCUT2D eigenvalue weighted by molar-refractivity contribution is 5.94. The molecule has 0 atom stereocenters. The molecule has 3 aromatic heterocycles. The molecule has 0 unspecified atom stereocenters. The van der Waals surface area contributed by atoms with E-state index >= 15 is 0 Å². The van der Waals surface area contributed by atoms with E-state index in [-0.39, 0.29) is 24.0 Å². The van der Waals surface area contributed by atoms with Crippen LogP contribution in [0.4, 0.5) is 10.3 Å². The molecule has 1 fully saturated rings. The predicted octanol–water partition coefficient (Wildman–Crippen LogP) is 2.16. The maximum absolute atomic E-state index is 14.6. The number of carbonyl (C=O) groups is 1. The van der Waals surface area contributed by atoms with E-state index in [2.05, 4.69) is 26.5 Å². The van der Waals surface area contributed by atoms with Crippen LogP contribution in [0.2, 0.25) is 0 Å². The Labute approximate surface area is 211 Å². The molecule has 188 valence electrons. The highest BCUT2D eigenvalue weighted by Gasteiger charge is 2.24. The zero-order chi connectivity index (χ0) is 25.5. The van der Waals surface area contributed by atoms with Crippen LogP contribution < -0.4 is 10.1 Å². The summed E-state index contributed by atoms with van der Waals surface area (Å²) in [4.78, 5) is 23.7. The van der Waals surface area contributed by atoms with Crippen LogP contribution in [-0.2, 0) is 24.8 Å². The number of morpholine rings is 1. The highest BCUT2D eigenvalue weighted by Crippen LogP contribution is 2.31. The number of hydrogen-bond acceptors (Lipinski definition) is 8. The van der Waals surface area contributed by atoms with Gasteiger partial charge in [0.1, 0.15) is 17.6 Å². The van der Waals surface area contributed by atoms with Crippen molar-refractivity contribution in [2.24, 2.45) is 7.05 Å². The molecule has 12 heteroatoms. The number of hydrogen-bond donors (Lipinski definition) is 1. The summed E-state index contributed by atoms with van der Waals surface area (Å²) in [6, 6.07) is 6.81. The fraction of sp³-hybridized carbons (Fsp3) is 0.320. The molecule has 0 saturated carbocycles. The molecule has 5 heterocycles. The fourth-order valence-corrected chi connectivity index (χ4v) is 4.77. The van der Waals surface area contributed by atoms with Gasteiger partial charge >= 0.3 is 0 Å². The van der Waals surface area contributed by atoms with Crippen molar-refractivity contribution in [3.8, 4) is 23.1 Å². The Bertz CT molecular complexity index is 1560. The number of aromatic nitrogens is 5. The van der Waals surface area contributed by atoms with E-state index in [1.165, 1.54) is 6.07 Å². The Morgan fingerprint density at radius 2 is 2.11 bits per heavy atom. The molecule has 1 aromatic carbocycles. The van der Waals surface area contributed by atoms with Crippen LogP contribution >= 0.6 is 0 Å². The summed E-state index contributed by atoms with van der Waals surface area (Å²) in [5.41, 5.74) is 3.56. The molecule has 0 radical (unpaired) electrons. The summed E-state index contributed by atoms with van der Waals surface area (Å²) in [6.45, 7) is 2.73. The fourth-order valence-electron chi connectivity index (χ4n) is 4.77. The van der Waals surface area contributed by atoms with Crippen LogP contribution in [0.15, 0.2) is 30.6 Å². The zero-order valence-electron chi connectivity index (χ0n) is 20.1. The number of benzene rings is 1. The minimum atomic E-state index is -0.319. The van der Waals surface area contributed by atoms with Crippen molar-refractivity contribution in [1.29, 1.82) is 5.26 Å². The van der Waals surface area contributed by atoms with Crippen molar-refractivity contribution in [2.45, 2.75) is 13.0 Å². The van der Waals surface area contributed by atoms with Gasteiger partial charge in [0.2, 0.25) is 5.95 Å². The lowest BCUT2D eigenvalue weighted by atomic mass is 10.0. The number of imidazole rings is 1. The number of rotatable bonds is 5. The van der Waals surface area contributed by atoms with Crippen molar-refractivity contribution in [1.82, 2.24) is 29.0 Å². The largest absolute Gasteiger partial charge is 0.493 e. The molecule has 6 rings (SSSR count). The molecule has 1 N–H and O–H groups in total. The summed E-state index contributed by atoms with van der Waals surface area (Å²) < 4.78 is 28.8. The molecule has 0 bridgehead atoms. The molecule has 0 aliphatic carbocycles. The topological polar surface area (TPSA) is 123 Å². The second-order valence-electron chi connectivity index (χ2n) is 8.82. The third kappa shape index (κ3) is 4.03. The normalized spacial score (nSPS) is 14.9. The number of carbonyl (C=O) groups excluding carboxylic acids is 1. The van der Waals surface area contributed by atoms with Gasteiger partial charge in [-0.25, -0.2) is 14.4 Å². The van der Waals surface area contributed by atoms with Crippen molar-refractivity contribution >= 4 is 17.5 Å². The van der Waals surface area contributed by atoms with Crippen molar-refractivity contribution < 1.29 is 18.7 Å². The number of aryl methyl sites for hydroxylation is 1. The minimum absolute atomic E-state index is 0.171. The second kappa shape index (κ2) is 9.18. The van der Waals surface area contributed by atoms with Crippen molar-refractivity contribution in [3.05, 3.63) is 58.9 Å². The van der Waals surface area contributed by atoms with E-state index in [0.29, 0.717) is 79.2 Å². The zero-order valence-corrected chi connectivity index (χ0v) is 20.1. The summed E-state index contributed by atoms with van der Waals surface area (Å²) >= 11 is 0. The van der Waals surface area contributed by atoms with Crippen LogP contribution in [0, 0.1) is 17.1 Å². The van der Waals surface area contributed by atoms with E-state index in [1.54, 1.807) is 45.6 Å². The van der Waals surface area contributed by atoms with Gasteiger partial charge in [0.15, 0.2) is 17.0 Å². The van der Waals surface area contributed by atoms with Crippen LogP contribution in [0.3, 0.4) is 0 Å². The number of fused-ring (bicyclic) bond motifs is 2. The summed E-state index contributed by atoms with van der Waals surface area (Å²) in [5.74, 6) is 0.602. The van der Waals surface area contributed by atoms with Gasteiger partial charge < -0.3 is 19.7 Å². The SMILES string of the molecule is Cn1nc(C(=O)N2CCOCC2)cc1-c1cnc(NCc2c(F)ccc3c2CCO3)n2cc(C#N)nc12. The molecule has 4 aromatic rings. The molecular formula is C25H23FN8O3. The Kier molecular flexibility index (Phi) is 5.69. The molecule has 2 aliphatic rings. The van der Waals surface area contributed by atoms with E-state index in [0.717, 1.165) is 5.56 Å². The first-order valence-electron chi connectivity index (χ1n) is 11.9. The Morgan fingerprint density at radius 1 is 1.27 bits per heavy atom. The number of nitrogens with zero attached hydrogens (tertiary/aromatic N) is 7. The molecule has 0 spiro atoms. The first-order valence-corrected chi connectivity index (χ1v) is 11.9. The van der Waals surface area contributed by atoms with Crippen LogP contribution in [0.1, 0.15) is 27.3 Å². The number of nitriles is 1. The van der Waals surface area contributed by atoms with Crippen molar-refractivity contribution in [2.75, 3.05) is 38.2 Å². The average molecular weight is 503 g/mol. The molecule has 37 heavy (non-hydrogen) atoms. The second-order valence-corrected chi connectivity index (χ2v) is 8.82. The maximum Gasteiger partial charge on any atom is 0.274 e. The lowest BCUT2D eigenvalue weighted by Crippen LogP contribution is -2.40. The molecule has 2 aliphatic heterocycles. The molecular weight excluding hydrogens is 479 g/mol. The van der Waals surface area contributed by atoms with Gasteiger partial charge in [0.25, 0.3) is 5.91 Å². The third-order valence-electron chi connectivity index (χ3n) is 6.64. The highest BCUT2D eigenvalue weighted by atomic mass is 19.1. The first kappa shape index (κ1) is 22.9. The smallest absolute Gasteiger partial charge is 0.274 e. The minimum Gasteiger partial charge on any atom is -0.493 e. The lowest BCUT2D eigenvalue weighted by molar-refractivity contribution is 0.0298. The number of ether oxygens (including phenoxy) is 2. The lowest BCUT2D eigenvalue weighted by Gasteiger charge is -2.25. The van der Waals surface area contributed by atoms with Crippen LogP contribution in [0.5, 0.6) is 5.75 Å².